The molecule has 0 fully saturated rings. The highest BCUT2D eigenvalue weighted by Crippen LogP contribution is 2.30. The van der Waals surface area contributed by atoms with Gasteiger partial charge in [0.1, 0.15) is 5.75 Å². The lowest BCUT2D eigenvalue weighted by Gasteiger charge is -2.18. The zero-order chi connectivity index (χ0) is 15.9. The third-order valence-electron chi connectivity index (χ3n) is 3.35. The van der Waals surface area contributed by atoms with Crippen molar-refractivity contribution in [3.63, 3.8) is 0 Å². The number of esters is 1. The zero-order valence-corrected chi connectivity index (χ0v) is 12.8. The van der Waals surface area contributed by atoms with E-state index in [1.807, 2.05) is 49.4 Å². The average Bonchev–Trinajstić information content (AvgIpc) is 2.55. The highest BCUT2D eigenvalue weighted by atomic mass is 16.6. The molecule has 4 heteroatoms. The Hall–Kier alpha value is -2.33. The Labute approximate surface area is 130 Å². The third-order valence-corrected chi connectivity index (χ3v) is 3.35. The van der Waals surface area contributed by atoms with Crippen molar-refractivity contribution in [2.24, 2.45) is 0 Å². The molecule has 1 unspecified atom stereocenters. The number of rotatable bonds is 6. The van der Waals surface area contributed by atoms with Crippen LogP contribution >= 0.6 is 0 Å². The van der Waals surface area contributed by atoms with Crippen LogP contribution in [0.2, 0.25) is 0 Å². The van der Waals surface area contributed by atoms with Crippen molar-refractivity contribution in [1.82, 2.24) is 0 Å². The highest BCUT2D eigenvalue weighted by molar-refractivity contribution is 5.76. The van der Waals surface area contributed by atoms with Crippen LogP contribution in [0.25, 0.3) is 11.1 Å². The molecule has 0 saturated heterocycles. The van der Waals surface area contributed by atoms with Crippen LogP contribution in [0.1, 0.15) is 12.5 Å². The molecule has 2 aromatic rings. The van der Waals surface area contributed by atoms with E-state index in [4.69, 9.17) is 9.47 Å². The van der Waals surface area contributed by atoms with Crippen molar-refractivity contribution in [2.75, 3.05) is 13.2 Å². The lowest BCUT2D eigenvalue weighted by atomic mass is 10.00. The van der Waals surface area contributed by atoms with E-state index in [0.29, 0.717) is 5.75 Å². The number of carbonyl (C=O) groups excluding carboxylic acids is 1. The largest absolute Gasteiger partial charge is 0.476 e. The number of benzene rings is 2. The Bertz CT molecular complexity index is 622. The minimum Gasteiger partial charge on any atom is -0.476 e. The number of ether oxygens (including phenoxy) is 2. The summed E-state index contributed by atoms with van der Waals surface area (Å²) >= 11 is 0. The molecule has 4 nitrogen and oxygen atoms in total. The van der Waals surface area contributed by atoms with E-state index in [1.165, 1.54) is 0 Å². The monoisotopic (exact) mass is 300 g/mol. The van der Waals surface area contributed by atoms with Crippen LogP contribution in [-0.4, -0.2) is 30.4 Å². The fraction of sp³-hybridized carbons (Fsp3) is 0.278. The molecular formula is C18H20O4. The van der Waals surface area contributed by atoms with Crippen molar-refractivity contribution in [3.8, 4) is 16.9 Å². The van der Waals surface area contributed by atoms with Gasteiger partial charge in [-0.2, -0.15) is 0 Å². The van der Waals surface area contributed by atoms with Gasteiger partial charge >= 0.3 is 5.97 Å². The van der Waals surface area contributed by atoms with Gasteiger partial charge in [-0.3, -0.25) is 0 Å². The molecule has 0 radical (unpaired) electrons. The Balaban J connectivity index is 2.27. The van der Waals surface area contributed by atoms with Gasteiger partial charge in [-0.05, 0) is 36.6 Å². The SMILES string of the molecule is CCOC(=O)C(CO)Oc1cccc(-c2ccccc2)c1C. The summed E-state index contributed by atoms with van der Waals surface area (Å²) in [5.41, 5.74) is 3.01. The molecule has 2 aromatic carbocycles. The second-order valence-corrected chi connectivity index (χ2v) is 4.84. The van der Waals surface area contributed by atoms with Crippen molar-refractivity contribution in [2.45, 2.75) is 20.0 Å². The number of aliphatic hydroxyl groups excluding tert-OH is 1. The second kappa shape index (κ2) is 7.61. The lowest BCUT2D eigenvalue weighted by molar-refractivity contribution is -0.153. The normalized spacial score (nSPS) is 11.8. The summed E-state index contributed by atoms with van der Waals surface area (Å²) in [6, 6.07) is 15.6. The van der Waals surface area contributed by atoms with E-state index in [0.717, 1.165) is 16.7 Å². The maximum Gasteiger partial charge on any atom is 0.349 e. The maximum absolute atomic E-state index is 11.7. The first kappa shape index (κ1) is 16.0. The zero-order valence-electron chi connectivity index (χ0n) is 12.8. The fourth-order valence-corrected chi connectivity index (χ4v) is 2.22. The van der Waals surface area contributed by atoms with Gasteiger partial charge in [-0.1, -0.05) is 42.5 Å². The molecule has 0 bridgehead atoms. The first-order valence-electron chi connectivity index (χ1n) is 7.26. The quantitative estimate of drug-likeness (QED) is 0.833. The van der Waals surface area contributed by atoms with Crippen LogP contribution in [-0.2, 0) is 9.53 Å². The molecule has 0 aliphatic rings. The Morgan fingerprint density at radius 3 is 2.50 bits per heavy atom. The molecule has 1 atom stereocenters. The molecule has 0 aromatic heterocycles. The van der Waals surface area contributed by atoms with Crippen LogP contribution in [0.5, 0.6) is 5.75 Å². The molecular weight excluding hydrogens is 280 g/mol. The summed E-state index contributed by atoms with van der Waals surface area (Å²) in [6.45, 7) is 3.47. The van der Waals surface area contributed by atoms with E-state index in [-0.39, 0.29) is 6.61 Å². The van der Waals surface area contributed by atoms with Crippen LogP contribution in [0, 0.1) is 6.92 Å². The molecule has 0 spiro atoms. The standard InChI is InChI=1S/C18H20O4/c1-3-21-18(20)17(12-19)22-16-11-7-10-15(13(16)2)14-8-5-4-6-9-14/h4-11,17,19H,3,12H2,1-2H3. The van der Waals surface area contributed by atoms with Gasteiger partial charge in [0.25, 0.3) is 0 Å². The third kappa shape index (κ3) is 3.65. The smallest absolute Gasteiger partial charge is 0.349 e. The summed E-state index contributed by atoms with van der Waals surface area (Å²) < 4.78 is 10.5. The topological polar surface area (TPSA) is 55.8 Å². The Morgan fingerprint density at radius 1 is 1.14 bits per heavy atom. The molecule has 1 N–H and O–H groups in total. The Morgan fingerprint density at radius 2 is 1.86 bits per heavy atom. The first-order valence-corrected chi connectivity index (χ1v) is 7.26. The van der Waals surface area contributed by atoms with E-state index in [1.54, 1.807) is 13.0 Å². The molecule has 0 aliphatic heterocycles. The molecule has 0 saturated carbocycles. The maximum atomic E-state index is 11.7. The fourth-order valence-electron chi connectivity index (χ4n) is 2.22. The Kier molecular flexibility index (Phi) is 5.55. The van der Waals surface area contributed by atoms with Crippen LogP contribution in [0.15, 0.2) is 48.5 Å². The average molecular weight is 300 g/mol. The molecule has 0 amide bonds. The van der Waals surface area contributed by atoms with Crippen molar-refractivity contribution in [1.29, 1.82) is 0 Å². The van der Waals surface area contributed by atoms with Crippen molar-refractivity contribution >= 4 is 5.97 Å². The number of aliphatic hydroxyl groups is 1. The molecule has 116 valence electrons. The number of carbonyl (C=O) groups is 1. The number of hydrogen-bond donors (Lipinski definition) is 1. The van der Waals surface area contributed by atoms with E-state index in [2.05, 4.69) is 0 Å². The predicted molar refractivity (Wildman–Crippen MR) is 84.7 cm³/mol. The highest BCUT2D eigenvalue weighted by Gasteiger charge is 2.22. The van der Waals surface area contributed by atoms with Gasteiger partial charge in [0.2, 0.25) is 6.10 Å². The molecule has 2 rings (SSSR count). The summed E-state index contributed by atoms with van der Waals surface area (Å²) in [7, 11) is 0. The molecule has 0 aliphatic carbocycles. The van der Waals surface area contributed by atoms with Gasteiger partial charge in [0, 0.05) is 0 Å². The van der Waals surface area contributed by atoms with Crippen molar-refractivity contribution in [3.05, 3.63) is 54.1 Å². The van der Waals surface area contributed by atoms with E-state index >= 15 is 0 Å². The van der Waals surface area contributed by atoms with Crippen LogP contribution < -0.4 is 4.74 Å². The lowest BCUT2D eigenvalue weighted by Crippen LogP contribution is -2.33. The van der Waals surface area contributed by atoms with Crippen molar-refractivity contribution < 1.29 is 19.4 Å². The minimum absolute atomic E-state index is 0.252. The van der Waals surface area contributed by atoms with Gasteiger partial charge in [-0.25, -0.2) is 4.79 Å². The van der Waals surface area contributed by atoms with Crippen LogP contribution in [0.3, 0.4) is 0 Å². The summed E-state index contributed by atoms with van der Waals surface area (Å²) in [4.78, 5) is 11.7. The number of hydrogen-bond acceptors (Lipinski definition) is 4. The molecule has 0 heterocycles. The van der Waals surface area contributed by atoms with Gasteiger partial charge in [-0.15, -0.1) is 0 Å². The predicted octanol–water partition coefficient (Wildman–Crippen LogP) is 2.96. The van der Waals surface area contributed by atoms with Gasteiger partial charge in [0.05, 0.1) is 13.2 Å². The molecule has 22 heavy (non-hydrogen) atoms. The summed E-state index contributed by atoms with van der Waals surface area (Å²) in [5, 5.41) is 9.34. The second-order valence-electron chi connectivity index (χ2n) is 4.84. The van der Waals surface area contributed by atoms with Gasteiger partial charge < -0.3 is 14.6 Å². The van der Waals surface area contributed by atoms with E-state index < -0.39 is 18.7 Å². The van der Waals surface area contributed by atoms with Gasteiger partial charge in [0.15, 0.2) is 0 Å². The first-order chi connectivity index (χ1) is 10.7. The summed E-state index contributed by atoms with van der Waals surface area (Å²) in [5.74, 6) is 0.00275. The summed E-state index contributed by atoms with van der Waals surface area (Å²) in [6.07, 6.45) is -1.01. The van der Waals surface area contributed by atoms with Crippen LogP contribution in [0.4, 0.5) is 0 Å². The minimum atomic E-state index is -1.01. The van der Waals surface area contributed by atoms with E-state index in [9.17, 15) is 9.90 Å².